The van der Waals surface area contributed by atoms with Gasteiger partial charge in [0, 0.05) is 29.5 Å². The molecule has 2 aliphatic rings. The zero-order valence-electron chi connectivity index (χ0n) is 14.8. The van der Waals surface area contributed by atoms with Gasteiger partial charge in [-0.25, -0.2) is 0 Å². The molecule has 2 aromatic heterocycles. The van der Waals surface area contributed by atoms with E-state index in [2.05, 4.69) is 5.32 Å². The minimum atomic E-state index is -0.967. The van der Waals surface area contributed by atoms with Crippen LogP contribution in [-0.2, 0) is 19.1 Å². The van der Waals surface area contributed by atoms with Gasteiger partial charge in [0.1, 0.15) is 11.7 Å². The smallest absolute Gasteiger partial charge is 0.317 e. The maximum atomic E-state index is 13.4. The van der Waals surface area contributed by atoms with E-state index in [0.717, 1.165) is 5.56 Å². The van der Waals surface area contributed by atoms with Crippen LogP contribution in [0.1, 0.15) is 42.9 Å². The molecule has 0 saturated carbocycles. The summed E-state index contributed by atoms with van der Waals surface area (Å²) in [5.41, 5.74) is 2.04. The van der Waals surface area contributed by atoms with Crippen molar-refractivity contribution in [2.24, 2.45) is 5.92 Å². The van der Waals surface area contributed by atoms with E-state index in [0.29, 0.717) is 23.5 Å². The summed E-state index contributed by atoms with van der Waals surface area (Å²) in [6.07, 6.45) is 2.06. The van der Waals surface area contributed by atoms with Crippen LogP contribution in [0.2, 0.25) is 0 Å². The van der Waals surface area contributed by atoms with Crippen molar-refractivity contribution in [3.63, 3.8) is 0 Å². The Morgan fingerprint density at radius 3 is 2.85 bits per heavy atom. The Hall–Kier alpha value is -2.67. The number of esters is 1. The van der Waals surface area contributed by atoms with E-state index in [1.54, 1.807) is 19.1 Å². The Bertz CT molecular complexity index is 897. The van der Waals surface area contributed by atoms with Crippen LogP contribution >= 0.6 is 11.3 Å². The molecule has 3 heterocycles. The number of furan rings is 1. The molecule has 0 bridgehead atoms. The second-order valence-corrected chi connectivity index (χ2v) is 7.45. The van der Waals surface area contributed by atoms with Crippen molar-refractivity contribution in [2.75, 3.05) is 6.61 Å². The molecule has 0 unspecified atom stereocenters. The zero-order valence-corrected chi connectivity index (χ0v) is 15.6. The fourth-order valence-electron chi connectivity index (χ4n) is 3.98. The van der Waals surface area contributed by atoms with Gasteiger partial charge in [-0.3, -0.25) is 14.4 Å². The number of nitrogens with one attached hydrogen (secondary N) is 1. The van der Waals surface area contributed by atoms with Crippen molar-refractivity contribution in [2.45, 2.75) is 31.6 Å². The lowest BCUT2D eigenvalue weighted by Gasteiger charge is -2.36. The summed E-state index contributed by atoms with van der Waals surface area (Å²) in [6, 6.07) is 5.39. The van der Waals surface area contributed by atoms with E-state index in [9.17, 15) is 14.4 Å². The first-order chi connectivity index (χ1) is 13.1. The van der Waals surface area contributed by atoms with Gasteiger partial charge in [0.2, 0.25) is 5.91 Å². The molecule has 1 aliphatic carbocycles. The largest absolute Gasteiger partial charge is 0.469 e. The molecule has 140 valence electrons. The van der Waals surface area contributed by atoms with Crippen molar-refractivity contribution in [3.05, 3.63) is 57.8 Å². The molecular formula is C20H19NO5S. The zero-order chi connectivity index (χ0) is 19.0. The van der Waals surface area contributed by atoms with Gasteiger partial charge in [0.15, 0.2) is 5.78 Å². The topological polar surface area (TPSA) is 85.6 Å². The van der Waals surface area contributed by atoms with Crippen LogP contribution in [0.25, 0.3) is 0 Å². The van der Waals surface area contributed by atoms with Crippen LogP contribution in [-0.4, -0.2) is 24.3 Å². The predicted octanol–water partition coefficient (Wildman–Crippen LogP) is 3.13. The number of rotatable bonds is 4. The molecule has 0 saturated heterocycles. The molecule has 0 radical (unpaired) electrons. The SMILES string of the molecule is CCOC(=O)[C@@H]1C(=O)C2=C(C[C@H]1c1ccco1)NC(=O)C[C@H]2c1ccsc1. The molecule has 0 spiro atoms. The second-order valence-electron chi connectivity index (χ2n) is 6.67. The van der Waals surface area contributed by atoms with Crippen LogP contribution in [0.15, 0.2) is 50.9 Å². The molecule has 1 aliphatic heterocycles. The summed E-state index contributed by atoms with van der Waals surface area (Å²) in [7, 11) is 0. The monoisotopic (exact) mass is 385 g/mol. The lowest BCUT2D eigenvalue weighted by atomic mass is 9.69. The van der Waals surface area contributed by atoms with Gasteiger partial charge in [-0.05, 0) is 47.9 Å². The van der Waals surface area contributed by atoms with Crippen molar-refractivity contribution < 1.29 is 23.5 Å². The molecule has 0 fully saturated rings. The van der Waals surface area contributed by atoms with Gasteiger partial charge in [-0.15, -0.1) is 0 Å². The first-order valence-electron chi connectivity index (χ1n) is 8.89. The Morgan fingerprint density at radius 1 is 1.33 bits per heavy atom. The van der Waals surface area contributed by atoms with Gasteiger partial charge in [-0.2, -0.15) is 11.3 Å². The standard InChI is InChI=1S/C20H19NO5S/c1-2-25-20(24)18-13(15-4-3-6-26-15)8-14-17(19(18)23)12(9-16(22)21-14)11-5-7-27-10-11/h3-7,10,12-13,18H,2,8-9H2,1H3,(H,21,22)/t12-,13-,18-/m0/s1. The number of hydrogen-bond acceptors (Lipinski definition) is 6. The van der Waals surface area contributed by atoms with Crippen molar-refractivity contribution in [1.29, 1.82) is 0 Å². The highest BCUT2D eigenvalue weighted by Gasteiger charge is 2.48. The normalized spacial score (nSPS) is 25.1. The van der Waals surface area contributed by atoms with E-state index in [1.807, 2.05) is 16.8 Å². The second kappa shape index (κ2) is 7.15. The Kier molecular flexibility index (Phi) is 4.70. The van der Waals surface area contributed by atoms with Gasteiger partial charge in [0.25, 0.3) is 0 Å². The molecule has 1 amide bonds. The third-order valence-corrected chi connectivity index (χ3v) is 5.82. The van der Waals surface area contributed by atoms with Gasteiger partial charge in [0.05, 0.1) is 12.9 Å². The molecule has 2 aromatic rings. The number of Topliss-reactive ketones (excluding diaryl/α,β-unsaturated/α-hetero) is 1. The third kappa shape index (κ3) is 3.12. The minimum absolute atomic E-state index is 0.120. The van der Waals surface area contributed by atoms with Gasteiger partial charge >= 0.3 is 5.97 Å². The summed E-state index contributed by atoms with van der Waals surface area (Å²) in [4.78, 5) is 38.4. The maximum Gasteiger partial charge on any atom is 0.317 e. The molecular weight excluding hydrogens is 366 g/mol. The van der Waals surface area contributed by atoms with Crippen LogP contribution in [0.3, 0.4) is 0 Å². The molecule has 6 nitrogen and oxygen atoms in total. The van der Waals surface area contributed by atoms with Crippen LogP contribution in [0.4, 0.5) is 0 Å². The average molecular weight is 385 g/mol. The fraction of sp³-hybridized carbons (Fsp3) is 0.350. The van der Waals surface area contributed by atoms with E-state index in [-0.39, 0.29) is 30.6 Å². The van der Waals surface area contributed by atoms with Crippen LogP contribution in [0, 0.1) is 5.92 Å². The minimum Gasteiger partial charge on any atom is -0.469 e. The highest BCUT2D eigenvalue weighted by molar-refractivity contribution is 7.08. The number of ether oxygens (including phenoxy) is 1. The number of carbonyl (C=O) groups excluding carboxylic acids is 3. The summed E-state index contributed by atoms with van der Waals surface area (Å²) >= 11 is 1.52. The predicted molar refractivity (Wildman–Crippen MR) is 98.0 cm³/mol. The summed E-state index contributed by atoms with van der Waals surface area (Å²) in [5, 5.41) is 6.72. The number of thiophene rings is 1. The molecule has 7 heteroatoms. The van der Waals surface area contributed by atoms with Crippen molar-refractivity contribution >= 4 is 29.0 Å². The highest BCUT2D eigenvalue weighted by Crippen LogP contribution is 2.46. The quantitative estimate of drug-likeness (QED) is 0.646. The first-order valence-corrected chi connectivity index (χ1v) is 9.83. The van der Waals surface area contributed by atoms with E-state index >= 15 is 0 Å². The maximum absolute atomic E-state index is 13.4. The lowest BCUT2D eigenvalue weighted by Crippen LogP contribution is -2.44. The highest BCUT2D eigenvalue weighted by atomic mass is 32.1. The number of carbonyl (C=O) groups is 3. The Morgan fingerprint density at radius 2 is 2.19 bits per heavy atom. The molecule has 3 atom stereocenters. The Balaban J connectivity index is 1.80. The van der Waals surface area contributed by atoms with Crippen molar-refractivity contribution in [3.8, 4) is 0 Å². The Labute approximate surface area is 160 Å². The van der Waals surface area contributed by atoms with E-state index in [1.165, 1.54) is 17.6 Å². The fourth-order valence-corrected chi connectivity index (χ4v) is 4.70. The summed E-state index contributed by atoms with van der Waals surface area (Å²) in [5.74, 6) is -2.20. The number of amides is 1. The first kappa shape index (κ1) is 17.7. The summed E-state index contributed by atoms with van der Waals surface area (Å²) < 4.78 is 10.7. The molecule has 1 N–H and O–H groups in total. The molecule has 27 heavy (non-hydrogen) atoms. The molecule has 4 rings (SSSR count). The number of hydrogen-bond donors (Lipinski definition) is 1. The average Bonchev–Trinajstić information content (AvgIpc) is 3.34. The van der Waals surface area contributed by atoms with Gasteiger partial charge in [-0.1, -0.05) is 0 Å². The molecule has 0 aromatic carbocycles. The van der Waals surface area contributed by atoms with Crippen LogP contribution in [0.5, 0.6) is 0 Å². The van der Waals surface area contributed by atoms with E-state index in [4.69, 9.17) is 9.15 Å². The number of allylic oxidation sites excluding steroid dienone is 2. The number of ketones is 1. The van der Waals surface area contributed by atoms with Gasteiger partial charge < -0.3 is 14.5 Å². The van der Waals surface area contributed by atoms with Crippen LogP contribution < -0.4 is 5.32 Å². The third-order valence-electron chi connectivity index (χ3n) is 5.12. The van der Waals surface area contributed by atoms with Crippen molar-refractivity contribution in [1.82, 2.24) is 5.32 Å². The lowest BCUT2D eigenvalue weighted by molar-refractivity contribution is -0.152. The summed E-state index contributed by atoms with van der Waals surface area (Å²) in [6.45, 7) is 1.91. The van der Waals surface area contributed by atoms with E-state index < -0.39 is 17.8 Å².